The maximum Gasteiger partial charge on any atom is 0.323 e. The first-order valence-corrected chi connectivity index (χ1v) is 9.06. The number of rotatable bonds is 2. The molecule has 0 saturated carbocycles. The summed E-state index contributed by atoms with van der Waals surface area (Å²) in [5.41, 5.74) is 0. The van der Waals surface area contributed by atoms with Gasteiger partial charge in [0.05, 0.1) is 0 Å². The number of piperidine rings is 2. The summed E-state index contributed by atoms with van der Waals surface area (Å²) in [5.74, 6) is 1.02. The van der Waals surface area contributed by atoms with Crippen LogP contribution in [-0.2, 0) is 4.79 Å². The molecule has 2 saturated heterocycles. The SMILES string of the molecule is Cc1nsc(NC(=O)N2CCC(C(=O)N3CCCCC3)CC2)n1. The molecule has 0 spiro atoms. The molecule has 1 N–H and O–H groups in total. The van der Waals surface area contributed by atoms with E-state index in [-0.39, 0.29) is 17.9 Å². The lowest BCUT2D eigenvalue weighted by atomic mass is 9.94. The van der Waals surface area contributed by atoms with Crippen LogP contribution in [0.15, 0.2) is 0 Å². The normalized spacial score (nSPS) is 19.7. The molecule has 0 radical (unpaired) electrons. The lowest BCUT2D eigenvalue weighted by Crippen LogP contribution is -2.46. The smallest absolute Gasteiger partial charge is 0.323 e. The van der Waals surface area contributed by atoms with Crippen molar-refractivity contribution < 1.29 is 9.59 Å². The fraction of sp³-hybridized carbons (Fsp3) is 0.733. The van der Waals surface area contributed by atoms with E-state index >= 15 is 0 Å². The molecule has 3 heterocycles. The fourth-order valence-electron chi connectivity index (χ4n) is 3.22. The molecular weight excluding hydrogens is 314 g/mol. The Morgan fingerprint density at radius 1 is 1.09 bits per heavy atom. The van der Waals surface area contributed by atoms with E-state index in [1.165, 1.54) is 18.0 Å². The van der Waals surface area contributed by atoms with Crippen molar-refractivity contribution in [3.8, 4) is 0 Å². The molecule has 0 atom stereocenters. The minimum absolute atomic E-state index is 0.0703. The van der Waals surface area contributed by atoms with Gasteiger partial charge in [-0.25, -0.2) is 9.78 Å². The molecule has 0 unspecified atom stereocenters. The summed E-state index contributed by atoms with van der Waals surface area (Å²) < 4.78 is 4.05. The molecule has 7 nitrogen and oxygen atoms in total. The molecule has 8 heteroatoms. The summed E-state index contributed by atoms with van der Waals surface area (Å²) in [6, 6.07) is -0.148. The van der Waals surface area contributed by atoms with E-state index in [1.54, 1.807) is 11.8 Å². The van der Waals surface area contributed by atoms with Gasteiger partial charge in [0.15, 0.2) is 0 Å². The van der Waals surface area contributed by atoms with Crippen molar-refractivity contribution in [2.75, 3.05) is 31.5 Å². The van der Waals surface area contributed by atoms with Gasteiger partial charge < -0.3 is 9.80 Å². The molecule has 0 aliphatic carbocycles. The van der Waals surface area contributed by atoms with E-state index in [4.69, 9.17) is 0 Å². The second-order valence-corrected chi connectivity index (χ2v) is 6.98. The van der Waals surface area contributed by atoms with Gasteiger partial charge in [0.1, 0.15) is 5.82 Å². The van der Waals surface area contributed by atoms with Gasteiger partial charge in [-0.3, -0.25) is 10.1 Å². The molecule has 1 aromatic heterocycles. The Hall–Kier alpha value is -1.70. The molecule has 3 amide bonds. The van der Waals surface area contributed by atoms with Crippen LogP contribution >= 0.6 is 11.5 Å². The Bertz CT molecular complexity index is 562. The monoisotopic (exact) mass is 337 g/mol. The number of nitrogens with one attached hydrogen (secondary N) is 1. The number of nitrogens with zero attached hydrogens (tertiary/aromatic N) is 4. The molecule has 126 valence electrons. The van der Waals surface area contributed by atoms with Crippen LogP contribution < -0.4 is 5.32 Å². The third-order valence-corrected chi connectivity index (χ3v) is 5.26. The number of amides is 3. The summed E-state index contributed by atoms with van der Waals surface area (Å²) in [7, 11) is 0. The van der Waals surface area contributed by atoms with E-state index in [1.807, 2.05) is 4.90 Å². The predicted octanol–water partition coefficient (Wildman–Crippen LogP) is 2.10. The van der Waals surface area contributed by atoms with Crippen molar-refractivity contribution in [3.63, 3.8) is 0 Å². The summed E-state index contributed by atoms with van der Waals surface area (Å²) >= 11 is 1.19. The van der Waals surface area contributed by atoms with Crippen LogP contribution in [0.5, 0.6) is 0 Å². The average molecular weight is 337 g/mol. The summed E-state index contributed by atoms with van der Waals surface area (Å²) in [6.07, 6.45) is 4.96. The van der Waals surface area contributed by atoms with Crippen LogP contribution in [0, 0.1) is 12.8 Å². The molecule has 1 aromatic rings. The van der Waals surface area contributed by atoms with E-state index in [0.29, 0.717) is 24.0 Å². The zero-order valence-corrected chi connectivity index (χ0v) is 14.3. The first-order valence-electron chi connectivity index (χ1n) is 8.28. The van der Waals surface area contributed by atoms with E-state index < -0.39 is 0 Å². The Morgan fingerprint density at radius 3 is 2.39 bits per heavy atom. The summed E-state index contributed by atoms with van der Waals surface area (Å²) in [4.78, 5) is 32.6. The second kappa shape index (κ2) is 7.25. The predicted molar refractivity (Wildman–Crippen MR) is 88.4 cm³/mol. The number of anilines is 1. The van der Waals surface area contributed by atoms with Gasteiger partial charge in [-0.15, -0.1) is 0 Å². The number of urea groups is 1. The molecule has 3 rings (SSSR count). The van der Waals surface area contributed by atoms with Crippen molar-refractivity contribution in [1.82, 2.24) is 19.2 Å². The highest BCUT2D eigenvalue weighted by Gasteiger charge is 2.30. The van der Waals surface area contributed by atoms with Crippen molar-refractivity contribution in [1.29, 1.82) is 0 Å². The molecule has 0 aromatic carbocycles. The van der Waals surface area contributed by atoms with Crippen LogP contribution in [0.2, 0.25) is 0 Å². The highest BCUT2D eigenvalue weighted by Crippen LogP contribution is 2.22. The third kappa shape index (κ3) is 3.99. The van der Waals surface area contributed by atoms with Gasteiger partial charge in [-0.1, -0.05) is 0 Å². The molecule has 23 heavy (non-hydrogen) atoms. The van der Waals surface area contributed by atoms with Crippen LogP contribution in [0.25, 0.3) is 0 Å². The molecule has 2 aliphatic heterocycles. The number of hydrogen-bond acceptors (Lipinski definition) is 5. The first kappa shape index (κ1) is 16.2. The Balaban J connectivity index is 1.47. The Labute approximate surface area is 140 Å². The number of likely N-dealkylation sites (tertiary alicyclic amines) is 2. The maximum atomic E-state index is 12.5. The van der Waals surface area contributed by atoms with Crippen LogP contribution in [0.4, 0.5) is 9.93 Å². The number of aromatic nitrogens is 2. The summed E-state index contributed by atoms with van der Waals surface area (Å²) in [6.45, 7) is 4.83. The maximum absolute atomic E-state index is 12.5. The van der Waals surface area contributed by atoms with Crippen LogP contribution in [0.1, 0.15) is 37.9 Å². The lowest BCUT2D eigenvalue weighted by Gasteiger charge is -2.35. The van der Waals surface area contributed by atoms with Crippen molar-refractivity contribution in [2.24, 2.45) is 5.92 Å². The Kier molecular flexibility index (Phi) is 5.09. The van der Waals surface area contributed by atoms with Gasteiger partial charge in [0, 0.05) is 43.6 Å². The quantitative estimate of drug-likeness (QED) is 0.896. The molecular formula is C15H23N5O2S. The van der Waals surface area contributed by atoms with Gasteiger partial charge in [0.25, 0.3) is 0 Å². The van der Waals surface area contributed by atoms with Gasteiger partial charge in [0.2, 0.25) is 11.0 Å². The zero-order chi connectivity index (χ0) is 16.2. The minimum Gasteiger partial charge on any atom is -0.342 e. The van der Waals surface area contributed by atoms with Gasteiger partial charge >= 0.3 is 6.03 Å². The lowest BCUT2D eigenvalue weighted by molar-refractivity contribution is -0.137. The average Bonchev–Trinajstić information content (AvgIpc) is 3.00. The highest BCUT2D eigenvalue weighted by atomic mass is 32.1. The summed E-state index contributed by atoms with van der Waals surface area (Å²) in [5, 5.41) is 3.30. The number of aryl methyl sites for hydroxylation is 1. The number of carbonyl (C=O) groups excluding carboxylic acids is 2. The van der Waals surface area contributed by atoms with Gasteiger partial charge in [-0.05, 0) is 39.0 Å². The van der Waals surface area contributed by atoms with E-state index in [9.17, 15) is 9.59 Å². The van der Waals surface area contributed by atoms with E-state index in [0.717, 1.165) is 38.8 Å². The molecule has 2 aliphatic rings. The fourth-order valence-corrected chi connectivity index (χ4v) is 3.79. The number of carbonyl (C=O) groups is 2. The van der Waals surface area contributed by atoms with E-state index in [2.05, 4.69) is 14.7 Å². The van der Waals surface area contributed by atoms with Crippen molar-refractivity contribution in [2.45, 2.75) is 39.0 Å². The third-order valence-electron chi connectivity index (χ3n) is 4.54. The minimum atomic E-state index is -0.148. The topological polar surface area (TPSA) is 78.4 Å². The zero-order valence-electron chi connectivity index (χ0n) is 13.5. The van der Waals surface area contributed by atoms with Gasteiger partial charge in [-0.2, -0.15) is 4.37 Å². The largest absolute Gasteiger partial charge is 0.342 e. The van der Waals surface area contributed by atoms with Crippen LogP contribution in [0.3, 0.4) is 0 Å². The molecule has 0 bridgehead atoms. The molecule has 2 fully saturated rings. The highest BCUT2D eigenvalue weighted by molar-refractivity contribution is 7.09. The van der Waals surface area contributed by atoms with Crippen molar-refractivity contribution >= 4 is 28.6 Å². The van der Waals surface area contributed by atoms with Crippen molar-refractivity contribution in [3.05, 3.63) is 5.82 Å². The van der Waals surface area contributed by atoms with Crippen LogP contribution in [-0.4, -0.2) is 57.3 Å². The first-order chi connectivity index (χ1) is 11.1. The second-order valence-electron chi connectivity index (χ2n) is 6.22. The Morgan fingerprint density at radius 2 is 1.78 bits per heavy atom. The standard InChI is InChI=1S/C15H23N5O2S/c1-11-16-14(23-18-11)17-15(22)20-9-5-12(6-10-20)13(21)19-7-3-2-4-8-19/h12H,2-10H2,1H3,(H,16,17,18,22). The number of hydrogen-bond donors (Lipinski definition) is 1.